The molecule has 19 heavy (non-hydrogen) atoms. The lowest BCUT2D eigenvalue weighted by Crippen LogP contribution is -2.62. The van der Waals surface area contributed by atoms with Gasteiger partial charge < -0.3 is 10.4 Å². The molecule has 1 aromatic rings. The van der Waals surface area contributed by atoms with Crippen LogP contribution in [0.3, 0.4) is 0 Å². The number of phenolic OH excluding ortho intramolecular Hbond substituents is 1. The highest BCUT2D eigenvalue weighted by atomic mass is 16.3. The van der Waals surface area contributed by atoms with Crippen molar-refractivity contribution in [1.82, 2.24) is 10.2 Å². The predicted molar refractivity (Wildman–Crippen MR) is 79.3 cm³/mol. The zero-order valence-corrected chi connectivity index (χ0v) is 12.3. The number of benzene rings is 1. The molecule has 0 saturated carbocycles. The molecule has 1 aliphatic rings. The van der Waals surface area contributed by atoms with Gasteiger partial charge in [0.2, 0.25) is 0 Å². The van der Waals surface area contributed by atoms with Crippen LogP contribution in [0, 0.1) is 0 Å². The topological polar surface area (TPSA) is 35.5 Å². The molecule has 2 atom stereocenters. The van der Waals surface area contributed by atoms with Gasteiger partial charge in [0, 0.05) is 31.2 Å². The minimum absolute atomic E-state index is 0.211. The van der Waals surface area contributed by atoms with Crippen molar-refractivity contribution < 1.29 is 5.11 Å². The number of hydrogen-bond acceptors (Lipinski definition) is 3. The maximum absolute atomic E-state index is 9.58. The molecule has 0 amide bonds. The highest BCUT2D eigenvalue weighted by molar-refractivity contribution is 5.27. The molecule has 1 fully saturated rings. The molecule has 0 radical (unpaired) electrons. The third kappa shape index (κ3) is 3.48. The Hall–Kier alpha value is -1.06. The van der Waals surface area contributed by atoms with Gasteiger partial charge in [0.15, 0.2) is 0 Å². The Morgan fingerprint density at radius 2 is 2.21 bits per heavy atom. The first-order valence-electron chi connectivity index (χ1n) is 7.33. The van der Waals surface area contributed by atoms with E-state index in [1.165, 1.54) is 5.56 Å². The highest BCUT2D eigenvalue weighted by Crippen LogP contribution is 2.23. The molecule has 1 saturated heterocycles. The van der Waals surface area contributed by atoms with Gasteiger partial charge in [0.05, 0.1) is 0 Å². The van der Waals surface area contributed by atoms with Crippen LogP contribution in [0.2, 0.25) is 0 Å². The van der Waals surface area contributed by atoms with Gasteiger partial charge in [-0.15, -0.1) is 0 Å². The second kappa shape index (κ2) is 5.93. The van der Waals surface area contributed by atoms with Gasteiger partial charge >= 0.3 is 0 Å². The summed E-state index contributed by atoms with van der Waals surface area (Å²) in [5, 5.41) is 13.3. The van der Waals surface area contributed by atoms with E-state index in [-0.39, 0.29) is 5.54 Å². The van der Waals surface area contributed by atoms with Crippen molar-refractivity contribution in [3.63, 3.8) is 0 Å². The fourth-order valence-electron chi connectivity index (χ4n) is 2.84. The van der Waals surface area contributed by atoms with E-state index in [4.69, 9.17) is 0 Å². The number of nitrogens with one attached hydrogen (secondary N) is 1. The van der Waals surface area contributed by atoms with E-state index in [0.717, 1.165) is 32.5 Å². The Balaban J connectivity index is 2.10. The van der Waals surface area contributed by atoms with Gasteiger partial charge in [0.1, 0.15) is 5.75 Å². The van der Waals surface area contributed by atoms with Crippen molar-refractivity contribution in [2.75, 3.05) is 13.1 Å². The number of piperazine rings is 1. The quantitative estimate of drug-likeness (QED) is 0.876. The van der Waals surface area contributed by atoms with Crippen LogP contribution in [0.1, 0.15) is 39.2 Å². The summed E-state index contributed by atoms with van der Waals surface area (Å²) in [7, 11) is 0. The van der Waals surface area contributed by atoms with E-state index < -0.39 is 0 Å². The first-order valence-corrected chi connectivity index (χ1v) is 7.33. The second-order valence-electron chi connectivity index (χ2n) is 5.93. The number of phenols is 1. The van der Waals surface area contributed by atoms with E-state index in [2.05, 4.69) is 37.1 Å². The molecular weight excluding hydrogens is 236 g/mol. The lowest BCUT2D eigenvalue weighted by Gasteiger charge is -2.46. The van der Waals surface area contributed by atoms with Gasteiger partial charge in [-0.05, 0) is 37.5 Å². The van der Waals surface area contributed by atoms with Gasteiger partial charge in [0.25, 0.3) is 0 Å². The smallest absolute Gasteiger partial charge is 0.115 e. The summed E-state index contributed by atoms with van der Waals surface area (Å²) in [6.45, 7) is 9.83. The normalized spacial score (nSPS) is 28.5. The molecule has 2 unspecified atom stereocenters. The lowest BCUT2D eigenvalue weighted by atomic mass is 9.92. The van der Waals surface area contributed by atoms with Crippen molar-refractivity contribution >= 4 is 0 Å². The number of hydrogen-bond donors (Lipinski definition) is 2. The molecule has 3 nitrogen and oxygen atoms in total. The average Bonchev–Trinajstić information content (AvgIpc) is 2.39. The predicted octanol–water partition coefficient (Wildman–Crippen LogP) is 2.74. The highest BCUT2D eigenvalue weighted by Gasteiger charge is 2.33. The summed E-state index contributed by atoms with van der Waals surface area (Å²) in [5.74, 6) is 0.360. The Kier molecular flexibility index (Phi) is 4.48. The molecule has 106 valence electrons. The monoisotopic (exact) mass is 262 g/mol. The summed E-state index contributed by atoms with van der Waals surface area (Å²) in [6, 6.07) is 8.21. The van der Waals surface area contributed by atoms with Crippen molar-refractivity contribution in [3.8, 4) is 5.75 Å². The first-order chi connectivity index (χ1) is 9.06. The second-order valence-corrected chi connectivity index (χ2v) is 5.93. The third-order valence-corrected chi connectivity index (χ3v) is 4.38. The van der Waals surface area contributed by atoms with Crippen LogP contribution in [0.4, 0.5) is 0 Å². The Morgan fingerprint density at radius 3 is 2.84 bits per heavy atom. The van der Waals surface area contributed by atoms with Crippen LogP contribution < -0.4 is 5.32 Å². The van der Waals surface area contributed by atoms with E-state index in [1.54, 1.807) is 6.07 Å². The largest absolute Gasteiger partial charge is 0.508 e. The minimum Gasteiger partial charge on any atom is -0.508 e. The summed E-state index contributed by atoms with van der Waals surface area (Å²) < 4.78 is 0. The number of aromatic hydroxyl groups is 1. The summed E-state index contributed by atoms with van der Waals surface area (Å²) in [4.78, 5) is 2.55. The zero-order chi connectivity index (χ0) is 13.9. The van der Waals surface area contributed by atoms with Crippen LogP contribution in [-0.2, 0) is 6.54 Å². The molecule has 0 bridgehead atoms. The van der Waals surface area contributed by atoms with Gasteiger partial charge in [-0.1, -0.05) is 26.0 Å². The van der Waals surface area contributed by atoms with E-state index in [9.17, 15) is 5.11 Å². The average molecular weight is 262 g/mol. The minimum atomic E-state index is 0.211. The third-order valence-electron chi connectivity index (χ3n) is 4.38. The molecule has 1 heterocycles. The number of rotatable bonds is 4. The molecule has 2 N–H and O–H groups in total. The van der Waals surface area contributed by atoms with Crippen molar-refractivity contribution in [1.29, 1.82) is 0 Å². The summed E-state index contributed by atoms with van der Waals surface area (Å²) >= 11 is 0. The van der Waals surface area contributed by atoms with Crippen molar-refractivity contribution in [2.45, 2.75) is 51.7 Å². The van der Waals surface area contributed by atoms with Crippen LogP contribution >= 0.6 is 0 Å². The van der Waals surface area contributed by atoms with Gasteiger partial charge in [-0.25, -0.2) is 0 Å². The van der Waals surface area contributed by atoms with Crippen LogP contribution in [0.25, 0.3) is 0 Å². The molecule has 2 rings (SSSR count). The maximum atomic E-state index is 9.58. The van der Waals surface area contributed by atoms with Crippen LogP contribution in [0.5, 0.6) is 5.75 Å². The summed E-state index contributed by atoms with van der Waals surface area (Å²) in [6.07, 6.45) is 2.30. The van der Waals surface area contributed by atoms with E-state index in [1.807, 2.05) is 12.1 Å². The molecule has 0 aromatic heterocycles. The molecular formula is C16H26N2O. The standard InChI is InChI=1S/C16H26N2O/c1-4-14-10-17-16(3,5-2)12-18(14)11-13-7-6-8-15(19)9-13/h6-9,14,17,19H,4-5,10-12H2,1-3H3. The first kappa shape index (κ1) is 14.4. The molecule has 3 heteroatoms. The molecule has 0 aliphatic carbocycles. The Labute approximate surface area is 116 Å². The van der Waals surface area contributed by atoms with E-state index >= 15 is 0 Å². The SMILES string of the molecule is CCC1CNC(C)(CC)CN1Cc1cccc(O)c1. The fourth-order valence-corrected chi connectivity index (χ4v) is 2.84. The van der Waals surface area contributed by atoms with Gasteiger partial charge in [-0.2, -0.15) is 0 Å². The van der Waals surface area contributed by atoms with E-state index in [0.29, 0.717) is 11.8 Å². The van der Waals surface area contributed by atoms with Crippen LogP contribution in [-0.4, -0.2) is 34.7 Å². The zero-order valence-electron chi connectivity index (χ0n) is 12.3. The molecule has 0 spiro atoms. The molecule has 1 aromatic carbocycles. The van der Waals surface area contributed by atoms with Crippen molar-refractivity contribution in [3.05, 3.63) is 29.8 Å². The van der Waals surface area contributed by atoms with Crippen LogP contribution in [0.15, 0.2) is 24.3 Å². The fraction of sp³-hybridized carbons (Fsp3) is 0.625. The number of nitrogens with zero attached hydrogens (tertiary/aromatic N) is 1. The lowest BCUT2D eigenvalue weighted by molar-refractivity contribution is 0.0754. The maximum Gasteiger partial charge on any atom is 0.115 e. The summed E-state index contributed by atoms with van der Waals surface area (Å²) in [5.41, 5.74) is 1.40. The van der Waals surface area contributed by atoms with Crippen molar-refractivity contribution in [2.24, 2.45) is 0 Å². The molecule has 1 aliphatic heterocycles. The van der Waals surface area contributed by atoms with Gasteiger partial charge in [-0.3, -0.25) is 4.90 Å². The Bertz CT molecular complexity index is 421. The Morgan fingerprint density at radius 1 is 1.42 bits per heavy atom.